The Kier molecular flexibility index (Phi) is 3.94. The smallest absolute Gasteiger partial charge is 0.140 e. The molecule has 1 aromatic rings. The fraction of sp³-hybridized carbons (Fsp3) is 0.538. The molecule has 1 N–H and O–H groups in total. The maximum atomic E-state index is 8.72. The molecular formula is C13H18N4. The van der Waals surface area contributed by atoms with Gasteiger partial charge in [0.25, 0.3) is 0 Å². The zero-order chi connectivity index (χ0) is 12.1. The van der Waals surface area contributed by atoms with Gasteiger partial charge < -0.3 is 10.2 Å². The van der Waals surface area contributed by atoms with Gasteiger partial charge in [-0.1, -0.05) is 0 Å². The lowest BCUT2D eigenvalue weighted by Gasteiger charge is -2.26. The standard InChI is InChI=1S/C13H18N4/c1-2-17(10-12-4-3-7-15-12)13-6-5-11(8-14)16-9-13/h5-6,9,12,15H,2-4,7,10H2,1H3. The Morgan fingerprint density at radius 3 is 3.00 bits per heavy atom. The third-order valence-corrected chi connectivity index (χ3v) is 3.21. The van der Waals surface area contributed by atoms with E-state index < -0.39 is 0 Å². The highest BCUT2D eigenvalue weighted by Crippen LogP contribution is 2.15. The number of hydrogen-bond donors (Lipinski definition) is 1. The highest BCUT2D eigenvalue weighted by Gasteiger charge is 2.17. The maximum absolute atomic E-state index is 8.72. The second-order valence-electron chi connectivity index (χ2n) is 4.35. The molecule has 1 atom stereocenters. The molecule has 4 nitrogen and oxygen atoms in total. The minimum absolute atomic E-state index is 0.476. The van der Waals surface area contributed by atoms with E-state index in [0.717, 1.165) is 25.3 Å². The van der Waals surface area contributed by atoms with Gasteiger partial charge in [-0.25, -0.2) is 4.98 Å². The van der Waals surface area contributed by atoms with Crippen molar-refractivity contribution < 1.29 is 0 Å². The molecule has 0 amide bonds. The van der Waals surface area contributed by atoms with E-state index in [2.05, 4.69) is 22.1 Å². The molecule has 0 aliphatic carbocycles. The topological polar surface area (TPSA) is 52.0 Å². The van der Waals surface area contributed by atoms with Gasteiger partial charge in [0.2, 0.25) is 0 Å². The van der Waals surface area contributed by atoms with Crippen LogP contribution in [0.2, 0.25) is 0 Å². The Labute approximate surface area is 102 Å². The third-order valence-electron chi connectivity index (χ3n) is 3.21. The zero-order valence-corrected chi connectivity index (χ0v) is 10.2. The monoisotopic (exact) mass is 230 g/mol. The molecule has 0 radical (unpaired) electrons. The molecule has 0 aromatic carbocycles. The second kappa shape index (κ2) is 5.65. The Morgan fingerprint density at radius 2 is 2.47 bits per heavy atom. The van der Waals surface area contributed by atoms with Crippen molar-refractivity contribution in [2.24, 2.45) is 0 Å². The fourth-order valence-electron chi connectivity index (χ4n) is 2.23. The van der Waals surface area contributed by atoms with Crippen LogP contribution < -0.4 is 10.2 Å². The molecule has 1 aliphatic heterocycles. The van der Waals surface area contributed by atoms with E-state index in [1.165, 1.54) is 12.8 Å². The summed E-state index contributed by atoms with van der Waals surface area (Å²) in [5.41, 5.74) is 1.57. The van der Waals surface area contributed by atoms with E-state index in [9.17, 15) is 0 Å². The molecule has 1 aliphatic rings. The van der Waals surface area contributed by atoms with Crippen molar-refractivity contribution in [3.63, 3.8) is 0 Å². The van der Waals surface area contributed by atoms with E-state index >= 15 is 0 Å². The average molecular weight is 230 g/mol. The minimum atomic E-state index is 0.476. The number of rotatable bonds is 4. The largest absolute Gasteiger partial charge is 0.369 e. The molecule has 0 bridgehead atoms. The molecule has 17 heavy (non-hydrogen) atoms. The molecule has 1 aromatic heterocycles. The van der Waals surface area contributed by atoms with Crippen molar-refractivity contribution in [3.05, 3.63) is 24.0 Å². The summed E-state index contributed by atoms with van der Waals surface area (Å²) in [5, 5.41) is 12.2. The summed E-state index contributed by atoms with van der Waals surface area (Å²) in [6.45, 7) is 5.26. The van der Waals surface area contributed by atoms with Crippen LogP contribution in [0.25, 0.3) is 0 Å². The lowest BCUT2D eigenvalue weighted by Crippen LogP contribution is -2.37. The second-order valence-corrected chi connectivity index (χ2v) is 4.35. The molecule has 2 heterocycles. The van der Waals surface area contributed by atoms with Crippen molar-refractivity contribution in [1.29, 1.82) is 5.26 Å². The Bertz CT molecular complexity index is 387. The van der Waals surface area contributed by atoms with Gasteiger partial charge in [-0.05, 0) is 38.4 Å². The van der Waals surface area contributed by atoms with Gasteiger partial charge in [0.15, 0.2) is 0 Å². The van der Waals surface area contributed by atoms with Crippen LogP contribution in [-0.4, -0.2) is 30.7 Å². The Balaban J connectivity index is 2.03. The van der Waals surface area contributed by atoms with Crippen molar-refractivity contribution >= 4 is 5.69 Å². The van der Waals surface area contributed by atoms with Crippen LogP contribution >= 0.6 is 0 Å². The van der Waals surface area contributed by atoms with Crippen molar-refractivity contribution in [1.82, 2.24) is 10.3 Å². The van der Waals surface area contributed by atoms with Crippen LogP contribution in [0.1, 0.15) is 25.5 Å². The molecular weight excluding hydrogens is 212 g/mol. The van der Waals surface area contributed by atoms with Gasteiger partial charge in [-0.2, -0.15) is 5.26 Å². The number of aromatic nitrogens is 1. The van der Waals surface area contributed by atoms with E-state index in [0.29, 0.717) is 11.7 Å². The highest BCUT2D eigenvalue weighted by atomic mass is 15.2. The molecule has 2 rings (SSSR count). The minimum Gasteiger partial charge on any atom is -0.369 e. The third kappa shape index (κ3) is 2.95. The highest BCUT2D eigenvalue weighted by molar-refractivity contribution is 5.46. The summed E-state index contributed by atoms with van der Waals surface area (Å²) in [6.07, 6.45) is 4.31. The molecule has 0 saturated carbocycles. The van der Waals surface area contributed by atoms with Gasteiger partial charge in [0, 0.05) is 19.1 Å². The Hall–Kier alpha value is -1.60. The number of hydrogen-bond acceptors (Lipinski definition) is 4. The number of nitrogens with zero attached hydrogens (tertiary/aromatic N) is 3. The molecule has 4 heteroatoms. The van der Waals surface area contributed by atoms with Crippen LogP contribution in [-0.2, 0) is 0 Å². The zero-order valence-electron chi connectivity index (χ0n) is 10.2. The van der Waals surface area contributed by atoms with Crippen LogP contribution in [0, 0.1) is 11.3 Å². The van der Waals surface area contributed by atoms with Crippen LogP contribution in [0.15, 0.2) is 18.3 Å². The summed E-state index contributed by atoms with van der Waals surface area (Å²) in [5.74, 6) is 0. The lowest BCUT2D eigenvalue weighted by molar-refractivity contribution is 0.586. The van der Waals surface area contributed by atoms with E-state index in [1.54, 1.807) is 12.3 Å². The number of nitriles is 1. The average Bonchev–Trinajstić information content (AvgIpc) is 2.89. The Morgan fingerprint density at radius 1 is 1.59 bits per heavy atom. The quantitative estimate of drug-likeness (QED) is 0.852. The van der Waals surface area contributed by atoms with Gasteiger partial charge in [0.05, 0.1) is 11.9 Å². The number of nitrogens with one attached hydrogen (secondary N) is 1. The van der Waals surface area contributed by atoms with Crippen LogP contribution in [0.4, 0.5) is 5.69 Å². The maximum Gasteiger partial charge on any atom is 0.140 e. The SMILES string of the molecule is CCN(CC1CCCN1)c1ccc(C#N)nc1. The summed E-state index contributed by atoms with van der Waals surface area (Å²) in [6, 6.07) is 6.38. The summed E-state index contributed by atoms with van der Waals surface area (Å²) < 4.78 is 0. The number of anilines is 1. The fourth-order valence-corrected chi connectivity index (χ4v) is 2.23. The molecule has 1 saturated heterocycles. The molecule has 1 fully saturated rings. The first-order valence-corrected chi connectivity index (χ1v) is 6.18. The summed E-state index contributed by atoms with van der Waals surface area (Å²) in [4.78, 5) is 6.42. The normalized spacial score (nSPS) is 18.9. The first-order chi connectivity index (χ1) is 8.33. The lowest BCUT2D eigenvalue weighted by atomic mass is 10.2. The van der Waals surface area contributed by atoms with Gasteiger partial charge >= 0.3 is 0 Å². The van der Waals surface area contributed by atoms with Crippen molar-refractivity contribution in [2.45, 2.75) is 25.8 Å². The van der Waals surface area contributed by atoms with E-state index in [4.69, 9.17) is 5.26 Å². The first-order valence-electron chi connectivity index (χ1n) is 6.18. The first kappa shape index (κ1) is 11.9. The van der Waals surface area contributed by atoms with Crippen molar-refractivity contribution in [3.8, 4) is 6.07 Å². The van der Waals surface area contributed by atoms with Gasteiger partial charge in [0.1, 0.15) is 11.8 Å². The molecule has 1 unspecified atom stereocenters. The van der Waals surface area contributed by atoms with Crippen molar-refractivity contribution in [2.75, 3.05) is 24.5 Å². The van der Waals surface area contributed by atoms with Crippen LogP contribution in [0.5, 0.6) is 0 Å². The molecule has 90 valence electrons. The summed E-state index contributed by atoms with van der Waals surface area (Å²) in [7, 11) is 0. The molecule has 0 spiro atoms. The van der Waals surface area contributed by atoms with Gasteiger partial charge in [-0.15, -0.1) is 0 Å². The predicted octanol–water partition coefficient (Wildman–Crippen LogP) is 1.53. The number of likely N-dealkylation sites (N-methyl/N-ethyl adjacent to an activating group) is 1. The van der Waals surface area contributed by atoms with Gasteiger partial charge in [-0.3, -0.25) is 0 Å². The summed E-state index contributed by atoms with van der Waals surface area (Å²) >= 11 is 0. The van der Waals surface area contributed by atoms with Crippen LogP contribution in [0.3, 0.4) is 0 Å². The predicted molar refractivity (Wildman–Crippen MR) is 67.9 cm³/mol. The van der Waals surface area contributed by atoms with E-state index in [-0.39, 0.29) is 0 Å². The van der Waals surface area contributed by atoms with E-state index in [1.807, 2.05) is 12.1 Å². The number of pyridine rings is 1.